The van der Waals surface area contributed by atoms with Crippen LogP contribution < -0.4 is 44.4 Å². The average molecular weight is 1210 g/mol. The molecule has 1 aromatic rings. The number of nitrogens with zero attached hydrogens (tertiary/aromatic N) is 2. The topological polar surface area (TPSA) is 279 Å². The number of aliphatic carboxylic acids is 1. The molecule has 2 heterocycles. The molecule has 0 saturated carbocycles. The molecule has 26 heteroatoms. The van der Waals surface area contributed by atoms with Gasteiger partial charge in [-0.2, -0.15) is 8.42 Å². The van der Waals surface area contributed by atoms with Crippen LogP contribution in [0.5, 0.6) is 0 Å². The molecule has 0 aromatic heterocycles. The molecule has 1 aromatic carbocycles. The van der Waals surface area contributed by atoms with Crippen molar-refractivity contribution >= 4 is 38.0 Å². The Morgan fingerprint density at radius 1 is 0.646 bits per heavy atom. The van der Waals surface area contributed by atoms with Crippen LogP contribution in [0, 0.1) is 0 Å². The van der Waals surface area contributed by atoms with E-state index in [1.54, 1.807) is 26.5 Å². The van der Waals surface area contributed by atoms with Crippen LogP contribution in [0.2, 0.25) is 0 Å². The van der Waals surface area contributed by atoms with Gasteiger partial charge in [0.15, 0.2) is 13.1 Å². The number of carboxylic acid groups (broad SMARTS) is 1. The average Bonchev–Trinajstić information content (AvgIpc) is 3.93. The van der Waals surface area contributed by atoms with E-state index in [-0.39, 0.29) is 48.8 Å². The molecular formula is C56H86N2NaO21S2+. The number of anilines is 1. The van der Waals surface area contributed by atoms with Crippen molar-refractivity contribution in [2.24, 2.45) is 0 Å². The normalized spacial score (nSPS) is 15.0. The summed E-state index contributed by atoms with van der Waals surface area (Å²) >= 11 is 0. The Hall–Kier alpha value is -3.26. The van der Waals surface area contributed by atoms with Crippen molar-refractivity contribution in [3.05, 3.63) is 83.1 Å². The number of unbranched alkanes of at least 4 members (excludes halogenated alkanes) is 2. The third kappa shape index (κ3) is 29.2. The first-order valence-corrected chi connectivity index (χ1v) is 30.5. The number of carbonyl (C=O) groups is 1. The van der Waals surface area contributed by atoms with Crippen molar-refractivity contribution in [3.63, 3.8) is 0 Å². The van der Waals surface area contributed by atoms with Crippen LogP contribution >= 0.6 is 0 Å². The fourth-order valence-electron chi connectivity index (χ4n) is 8.69. The van der Waals surface area contributed by atoms with Gasteiger partial charge >= 0.3 is 35.5 Å². The van der Waals surface area contributed by atoms with Crippen molar-refractivity contribution in [2.75, 3.05) is 190 Å². The van der Waals surface area contributed by atoms with Gasteiger partial charge in [0.25, 0.3) is 10.1 Å². The summed E-state index contributed by atoms with van der Waals surface area (Å²) in [6, 6.07) is 11.9. The smallest absolute Gasteiger partial charge is 0.744 e. The largest absolute Gasteiger partial charge is 1.00 e. The Morgan fingerprint density at radius 2 is 1.13 bits per heavy atom. The summed E-state index contributed by atoms with van der Waals surface area (Å²) in [5, 5.41) is 10.1. The summed E-state index contributed by atoms with van der Waals surface area (Å²) in [6.07, 6.45) is 9.10. The van der Waals surface area contributed by atoms with E-state index in [9.17, 15) is 35.8 Å². The zero-order valence-corrected chi connectivity index (χ0v) is 52.0. The van der Waals surface area contributed by atoms with Crippen molar-refractivity contribution < 1.29 is 127 Å². The predicted molar refractivity (Wildman–Crippen MR) is 300 cm³/mol. The molecule has 0 saturated heterocycles. The maximum Gasteiger partial charge on any atom is 1.00 e. The molecule has 0 fully saturated rings. The summed E-state index contributed by atoms with van der Waals surface area (Å²) in [7, 11) is -5.92. The molecule has 1 unspecified atom stereocenters. The van der Waals surface area contributed by atoms with Crippen LogP contribution in [0.25, 0.3) is 17.4 Å². The maximum absolute atomic E-state index is 12.3. The van der Waals surface area contributed by atoms with Gasteiger partial charge in [-0.05, 0) is 80.1 Å². The van der Waals surface area contributed by atoms with Crippen LogP contribution in [0.1, 0.15) is 56.6 Å². The fourth-order valence-corrected chi connectivity index (χ4v) is 9.70. The summed E-state index contributed by atoms with van der Waals surface area (Å²) in [6.45, 7) is 13.4. The van der Waals surface area contributed by atoms with Gasteiger partial charge < -0.3 is 75.8 Å². The van der Waals surface area contributed by atoms with Crippen molar-refractivity contribution in [2.45, 2.75) is 55.8 Å². The summed E-state index contributed by atoms with van der Waals surface area (Å²) in [5.41, 5.74) is 2.49. The monoisotopic (exact) mass is 1210 g/mol. The Balaban J connectivity index is 0.0000176. The predicted octanol–water partition coefficient (Wildman–Crippen LogP) is 1.51. The number of benzene rings is 2. The zero-order chi connectivity index (χ0) is 58.4. The van der Waals surface area contributed by atoms with Gasteiger partial charge in [0.05, 0.1) is 155 Å². The molecule has 82 heavy (non-hydrogen) atoms. The Bertz CT molecular complexity index is 2530. The van der Waals surface area contributed by atoms with Crippen molar-refractivity contribution in [3.8, 4) is 11.3 Å². The number of allylic oxidation sites excluding steroid dienone is 3. The second-order valence-corrected chi connectivity index (χ2v) is 21.7. The molecule has 2 aliphatic heterocycles. The summed E-state index contributed by atoms with van der Waals surface area (Å²) < 4.78 is 145. The molecule has 23 nitrogen and oxygen atoms in total. The molecule has 1 atom stereocenters. The fraction of sp³-hybridized carbons (Fsp3) is 0.643. The number of rotatable bonds is 49. The standard InChI is InChI=1S/C56H86N2O21S2.Na/c1-56(17-8-44-80(61,62)63)51-46-49(81(64,65)66)13-15-52(51)58(18-6-4-5-11-55(59)60)54(56)10-7-9-47-16-21-79-53-45-48(12-14-50(47)53)57(19-22-69-28-30-73-36-38-77-42-40-75-34-32-71-26-24-67-2)20-23-70-29-31-74-37-39-78-43-41-76-35-33-72-27-25-68-3;/h7,9-10,12-16,21,45-46H,4-6,8,11,17-20,22-44H2,1-3H3,(H2-,59,60,61,62,63,64,65,66);/q;+1. The van der Waals surface area contributed by atoms with Gasteiger partial charge in [0.1, 0.15) is 29.1 Å². The third-order valence-electron chi connectivity index (χ3n) is 12.8. The van der Waals surface area contributed by atoms with Crippen LogP contribution in [0.3, 0.4) is 0 Å². The van der Waals surface area contributed by atoms with Crippen LogP contribution in [0.4, 0.5) is 5.69 Å². The number of fused-ring (bicyclic) bond motifs is 2. The number of hydrogen-bond acceptors (Lipinski definition) is 20. The number of methoxy groups -OCH3 is 2. The van der Waals surface area contributed by atoms with E-state index in [2.05, 4.69) is 4.58 Å². The maximum atomic E-state index is 12.3. The third-order valence-corrected chi connectivity index (χ3v) is 14.4. The van der Waals surface area contributed by atoms with Gasteiger partial charge in [-0.1, -0.05) is 18.6 Å². The van der Waals surface area contributed by atoms with Crippen LogP contribution in [-0.4, -0.2) is 222 Å². The molecule has 0 bridgehead atoms. The quantitative estimate of drug-likeness (QED) is 0.0351. The van der Waals surface area contributed by atoms with Crippen molar-refractivity contribution in [1.82, 2.24) is 4.58 Å². The number of ether oxygens (including phenoxy) is 12. The van der Waals surface area contributed by atoms with Gasteiger partial charge in [-0.25, -0.2) is 13.0 Å². The van der Waals surface area contributed by atoms with E-state index in [1.807, 2.05) is 54.3 Å². The SMILES string of the molecule is COCCOCCOCCOCCOCCOCC[N+](CCOCCOCCOCCOCCOCCOC)=c1ccc2c(/C=C/C=C3/N(CCCCCC(=O)O)c4ccc(S(=O)(=O)[O-])cc4C3(C)CCCS(=O)(=O)O)ccoc-2c1.[Na+]. The second kappa shape index (κ2) is 42.5. The van der Waals surface area contributed by atoms with Gasteiger partial charge in [-0.15, -0.1) is 0 Å². The number of hydrogen-bond donors (Lipinski definition) is 2. The van der Waals surface area contributed by atoms with Crippen LogP contribution in [0.15, 0.2) is 75.9 Å². The first-order valence-electron chi connectivity index (χ1n) is 27.5. The number of carboxylic acids is 1. The molecule has 4 rings (SSSR count). The van der Waals surface area contributed by atoms with Crippen LogP contribution in [-0.2, 0) is 87.3 Å². The summed E-state index contributed by atoms with van der Waals surface area (Å²) in [4.78, 5) is 12.8. The van der Waals surface area contributed by atoms with Crippen molar-refractivity contribution in [1.29, 1.82) is 0 Å². The van der Waals surface area contributed by atoms with E-state index in [1.165, 1.54) is 12.1 Å². The molecule has 3 aliphatic rings. The molecule has 0 amide bonds. The molecule has 458 valence electrons. The first kappa shape index (κ1) is 73.0. The molecule has 0 radical (unpaired) electrons. The molecule has 0 spiro atoms. The van der Waals surface area contributed by atoms with Gasteiger partial charge in [0.2, 0.25) is 5.36 Å². The minimum atomic E-state index is -4.85. The summed E-state index contributed by atoms with van der Waals surface area (Å²) in [5.74, 6) is -0.813. The van der Waals surface area contributed by atoms with E-state index >= 15 is 0 Å². The molecular weight excluding hydrogens is 1120 g/mol. The minimum Gasteiger partial charge on any atom is -0.744 e. The Morgan fingerprint density at radius 3 is 1.60 bits per heavy atom. The Labute approximate surface area is 506 Å². The van der Waals surface area contributed by atoms with E-state index < -0.39 is 42.3 Å². The van der Waals surface area contributed by atoms with E-state index in [4.69, 9.17) is 61.3 Å². The second-order valence-electron chi connectivity index (χ2n) is 18.8. The molecule has 1 aliphatic carbocycles. The molecule has 2 N–H and O–H groups in total. The Kier molecular flexibility index (Phi) is 37.9. The van der Waals surface area contributed by atoms with Gasteiger partial charge in [-0.3, -0.25) is 9.35 Å². The first-order chi connectivity index (χ1) is 39.2. The van der Waals surface area contributed by atoms with E-state index in [0.29, 0.717) is 207 Å². The minimum absolute atomic E-state index is 0. The van der Waals surface area contributed by atoms with Gasteiger partial charge in [0, 0.05) is 55.6 Å². The van der Waals surface area contributed by atoms with E-state index in [0.717, 1.165) is 16.5 Å². The zero-order valence-electron chi connectivity index (χ0n) is 48.3.